The van der Waals surface area contributed by atoms with Crippen molar-refractivity contribution in [3.63, 3.8) is 0 Å². The molecule has 0 aliphatic carbocycles. The summed E-state index contributed by atoms with van der Waals surface area (Å²) in [5.74, 6) is -1.25. The van der Waals surface area contributed by atoms with Gasteiger partial charge in [-0.2, -0.15) is 5.26 Å². The molecule has 2 aromatic carbocycles. The molecule has 0 spiro atoms. The van der Waals surface area contributed by atoms with E-state index in [4.69, 9.17) is 10.00 Å². The summed E-state index contributed by atoms with van der Waals surface area (Å²) in [6.45, 7) is 1.65. The summed E-state index contributed by atoms with van der Waals surface area (Å²) in [5.41, 5.74) is -0.115. The number of rotatable bonds is 7. The number of benzene rings is 2. The molecule has 144 valence electrons. The monoisotopic (exact) mass is 442 g/mol. The summed E-state index contributed by atoms with van der Waals surface area (Å²) in [6, 6.07) is 17.5. The minimum atomic E-state index is -1.77. The van der Waals surface area contributed by atoms with Crippen LogP contribution in [-0.4, -0.2) is 17.2 Å². The second-order valence-corrected chi connectivity index (χ2v) is 7.12. The molecule has 0 bridgehead atoms. The highest BCUT2D eigenvalue weighted by molar-refractivity contribution is 9.10. The number of carboxylic acid groups (broad SMARTS) is 1. The molecule has 0 saturated heterocycles. The van der Waals surface area contributed by atoms with E-state index < -0.39 is 17.6 Å². The van der Waals surface area contributed by atoms with Gasteiger partial charge in [0.05, 0.1) is 6.07 Å². The normalized spacial score (nSPS) is 13.1. The van der Waals surface area contributed by atoms with Crippen LogP contribution < -0.4 is 5.32 Å². The zero-order valence-corrected chi connectivity index (χ0v) is 16.8. The Bertz CT molecular complexity index is 904. The Morgan fingerprint density at radius 3 is 2.43 bits per heavy atom. The van der Waals surface area contributed by atoms with Crippen LogP contribution in [0.3, 0.4) is 0 Å². The van der Waals surface area contributed by atoms with Crippen LogP contribution >= 0.6 is 15.9 Å². The highest BCUT2D eigenvalue weighted by Gasteiger charge is 2.42. The highest BCUT2D eigenvalue weighted by atomic mass is 79.9. The first-order valence-electron chi connectivity index (χ1n) is 8.41. The van der Waals surface area contributed by atoms with Crippen molar-refractivity contribution in [2.45, 2.75) is 25.5 Å². The number of hydrogen-bond donors (Lipinski definition) is 2. The zero-order chi connectivity index (χ0) is 20.6. The lowest BCUT2D eigenvalue weighted by Gasteiger charge is -2.31. The molecule has 0 aliphatic rings. The molecule has 7 heteroatoms. The van der Waals surface area contributed by atoms with Gasteiger partial charge in [0.1, 0.15) is 6.61 Å². The Kier molecular flexibility index (Phi) is 7.36. The molecule has 6 nitrogen and oxygen atoms in total. The van der Waals surface area contributed by atoms with Crippen molar-refractivity contribution in [1.29, 1.82) is 5.26 Å². The molecule has 0 radical (unpaired) electrons. The van der Waals surface area contributed by atoms with Crippen LogP contribution in [0.4, 0.5) is 4.79 Å². The number of carbonyl (C=O) groups excluding carboxylic acids is 1. The molecule has 2 rings (SSSR count). The maximum Gasteiger partial charge on any atom is 0.408 e. The van der Waals surface area contributed by atoms with Crippen molar-refractivity contribution in [3.8, 4) is 6.07 Å². The number of aliphatic carboxylic acids is 1. The molecule has 0 saturated carbocycles. The molecule has 0 aliphatic heterocycles. The first-order valence-corrected chi connectivity index (χ1v) is 9.20. The second-order valence-electron chi connectivity index (χ2n) is 6.20. The number of nitrogens with zero attached hydrogens (tertiary/aromatic N) is 1. The van der Waals surface area contributed by atoms with Crippen molar-refractivity contribution in [3.05, 3.63) is 81.8 Å². The number of nitrogens with one attached hydrogen (secondary N) is 1. The fourth-order valence-electron chi connectivity index (χ4n) is 2.72. The first-order chi connectivity index (χ1) is 13.4. The summed E-state index contributed by atoms with van der Waals surface area (Å²) in [7, 11) is 0. The van der Waals surface area contributed by atoms with Gasteiger partial charge in [0.2, 0.25) is 0 Å². The fourth-order valence-corrected chi connectivity index (χ4v) is 2.98. The lowest BCUT2D eigenvalue weighted by Crippen LogP contribution is -2.52. The van der Waals surface area contributed by atoms with Crippen LogP contribution in [-0.2, 0) is 21.7 Å². The van der Waals surface area contributed by atoms with Crippen molar-refractivity contribution in [1.82, 2.24) is 5.32 Å². The van der Waals surface area contributed by atoms with Crippen molar-refractivity contribution < 1.29 is 19.4 Å². The van der Waals surface area contributed by atoms with Crippen molar-refractivity contribution >= 4 is 28.0 Å². The maximum atomic E-state index is 12.4. The largest absolute Gasteiger partial charge is 0.479 e. The summed E-state index contributed by atoms with van der Waals surface area (Å²) in [4.78, 5) is 24.7. The molecule has 0 unspecified atom stereocenters. The molecule has 1 atom stereocenters. The van der Waals surface area contributed by atoms with Crippen LogP contribution in [0.1, 0.15) is 24.5 Å². The van der Waals surface area contributed by atoms with Crippen LogP contribution in [0, 0.1) is 11.3 Å². The Labute approximate surface area is 171 Å². The van der Waals surface area contributed by atoms with Crippen molar-refractivity contribution in [2.75, 3.05) is 0 Å². The van der Waals surface area contributed by atoms with Gasteiger partial charge in [-0.05, 0) is 30.2 Å². The molecule has 0 aromatic heterocycles. The van der Waals surface area contributed by atoms with E-state index in [1.165, 1.54) is 6.08 Å². The van der Waals surface area contributed by atoms with Gasteiger partial charge in [0, 0.05) is 17.0 Å². The number of alkyl carbamates (subject to hydrolysis) is 1. The molecule has 0 heterocycles. The molecule has 0 fully saturated rings. The summed E-state index contributed by atoms with van der Waals surface area (Å²) in [6.07, 6.45) is 0.310. The smallest absolute Gasteiger partial charge is 0.408 e. The first kappa shape index (κ1) is 21.2. The quantitative estimate of drug-likeness (QED) is 0.614. The topological polar surface area (TPSA) is 99.4 Å². The van der Waals surface area contributed by atoms with Gasteiger partial charge in [-0.25, -0.2) is 9.59 Å². The standard InChI is InChI=1S/C21H19BrN2O4/c1-15(11-12-23)13-21(19(25)26,17-7-9-18(22)10-8-17)24-20(27)28-14-16-5-3-2-4-6-16/h2-11H,13-14H2,1H3,(H,24,27)(H,25,26)/b15-11+/t21-/m1/s1. The minimum Gasteiger partial charge on any atom is -0.479 e. The van der Waals surface area contributed by atoms with Crippen LogP contribution in [0.5, 0.6) is 0 Å². The van der Waals surface area contributed by atoms with E-state index in [1.807, 2.05) is 24.3 Å². The van der Waals surface area contributed by atoms with Gasteiger partial charge >= 0.3 is 12.1 Å². The van der Waals surface area contributed by atoms with E-state index in [0.717, 1.165) is 10.0 Å². The lowest BCUT2D eigenvalue weighted by molar-refractivity contribution is -0.145. The molecule has 1 amide bonds. The lowest BCUT2D eigenvalue weighted by atomic mass is 9.84. The average Bonchev–Trinajstić information content (AvgIpc) is 2.67. The number of carboxylic acids is 1. The van der Waals surface area contributed by atoms with Gasteiger partial charge in [-0.15, -0.1) is 0 Å². The van der Waals surface area contributed by atoms with E-state index in [9.17, 15) is 14.7 Å². The molecule has 2 aromatic rings. The highest BCUT2D eigenvalue weighted by Crippen LogP contribution is 2.30. The van der Waals surface area contributed by atoms with Gasteiger partial charge in [0.25, 0.3) is 0 Å². The van der Waals surface area contributed by atoms with E-state index in [-0.39, 0.29) is 13.0 Å². The fraction of sp³-hybridized carbons (Fsp3) is 0.190. The molecular weight excluding hydrogens is 424 g/mol. The Hall–Kier alpha value is -3.11. The van der Waals surface area contributed by atoms with Gasteiger partial charge in [-0.3, -0.25) is 0 Å². The second kappa shape index (κ2) is 9.72. The van der Waals surface area contributed by atoms with Crippen molar-refractivity contribution in [2.24, 2.45) is 0 Å². The molecule has 2 N–H and O–H groups in total. The Morgan fingerprint density at radius 2 is 1.86 bits per heavy atom. The number of halogens is 1. The van der Waals surface area contributed by atoms with Gasteiger partial charge < -0.3 is 15.2 Å². The third-order valence-electron chi connectivity index (χ3n) is 4.09. The number of hydrogen-bond acceptors (Lipinski definition) is 4. The van der Waals surface area contributed by atoms with Gasteiger partial charge in [-0.1, -0.05) is 64.0 Å². The summed E-state index contributed by atoms with van der Waals surface area (Å²) in [5, 5.41) is 21.4. The number of nitriles is 1. The number of amides is 1. The Morgan fingerprint density at radius 1 is 1.21 bits per heavy atom. The number of carbonyl (C=O) groups is 2. The van der Waals surface area contributed by atoms with Gasteiger partial charge in [0.15, 0.2) is 5.54 Å². The molecule has 28 heavy (non-hydrogen) atoms. The average molecular weight is 443 g/mol. The maximum absolute atomic E-state index is 12.4. The third kappa shape index (κ3) is 5.44. The molecular formula is C21H19BrN2O4. The summed E-state index contributed by atoms with van der Waals surface area (Å²) < 4.78 is 5.98. The van der Waals surface area contributed by atoms with E-state index in [1.54, 1.807) is 43.3 Å². The zero-order valence-electron chi connectivity index (χ0n) is 15.2. The third-order valence-corrected chi connectivity index (χ3v) is 4.61. The Balaban J connectivity index is 2.31. The van der Waals surface area contributed by atoms with E-state index >= 15 is 0 Å². The van der Waals surface area contributed by atoms with E-state index in [0.29, 0.717) is 11.1 Å². The predicted molar refractivity (Wildman–Crippen MR) is 107 cm³/mol. The SMILES string of the molecule is C/C(=C\C#N)C[C@](NC(=O)OCc1ccccc1)(C(=O)O)c1ccc(Br)cc1. The minimum absolute atomic E-state index is 0.00965. The summed E-state index contributed by atoms with van der Waals surface area (Å²) >= 11 is 3.31. The van der Waals surface area contributed by atoms with E-state index in [2.05, 4.69) is 21.2 Å². The predicted octanol–water partition coefficient (Wildman–Crippen LogP) is 4.52. The van der Waals surface area contributed by atoms with Crippen LogP contribution in [0.2, 0.25) is 0 Å². The van der Waals surface area contributed by atoms with Crippen LogP contribution in [0.25, 0.3) is 0 Å². The number of ether oxygens (including phenoxy) is 1. The number of allylic oxidation sites excluding steroid dienone is 1. The van der Waals surface area contributed by atoms with Crippen LogP contribution in [0.15, 0.2) is 70.7 Å².